The van der Waals surface area contributed by atoms with E-state index in [1.807, 2.05) is 36.4 Å². The number of nitrogens with two attached hydrogens (primary N) is 1. The lowest BCUT2D eigenvalue weighted by Gasteiger charge is -2.07. The van der Waals surface area contributed by atoms with Gasteiger partial charge in [-0.15, -0.1) is 0 Å². The molecule has 4 heteroatoms. The molecule has 0 atom stereocenters. The number of nitrogen functional groups attached to an aromatic ring is 1. The van der Waals surface area contributed by atoms with Gasteiger partial charge in [0.15, 0.2) is 0 Å². The van der Waals surface area contributed by atoms with E-state index in [0.717, 1.165) is 5.69 Å². The molecule has 3 nitrogen and oxygen atoms in total. The average Bonchev–Trinajstić information content (AvgIpc) is 2.22. The van der Waals surface area contributed by atoms with E-state index >= 15 is 0 Å². The zero-order chi connectivity index (χ0) is 10.7. The molecule has 76 valence electrons. The van der Waals surface area contributed by atoms with Crippen molar-refractivity contribution in [1.29, 1.82) is 0 Å². The Kier molecular flexibility index (Phi) is 2.74. The van der Waals surface area contributed by atoms with Crippen LogP contribution in [0.5, 0.6) is 0 Å². The normalized spacial score (nSPS) is 9.93. The number of anilines is 3. The van der Waals surface area contributed by atoms with Gasteiger partial charge in [0.2, 0.25) is 0 Å². The van der Waals surface area contributed by atoms with Crippen LogP contribution in [0.25, 0.3) is 0 Å². The summed E-state index contributed by atoms with van der Waals surface area (Å²) in [5.74, 6) is 0.681. The first-order chi connectivity index (χ1) is 7.25. The number of benzene rings is 1. The summed E-state index contributed by atoms with van der Waals surface area (Å²) in [4.78, 5) is 4.11. The summed E-state index contributed by atoms with van der Waals surface area (Å²) in [5, 5.41) is 3.55. The zero-order valence-corrected chi connectivity index (χ0v) is 8.70. The lowest BCUT2D eigenvalue weighted by atomic mass is 10.2. The zero-order valence-electron chi connectivity index (χ0n) is 7.94. The van der Waals surface area contributed by atoms with Gasteiger partial charge in [0.25, 0.3) is 0 Å². The Labute approximate surface area is 92.9 Å². The van der Waals surface area contributed by atoms with E-state index in [4.69, 9.17) is 17.3 Å². The van der Waals surface area contributed by atoms with Gasteiger partial charge >= 0.3 is 0 Å². The Hall–Kier alpha value is -1.74. The first-order valence-corrected chi connectivity index (χ1v) is 4.87. The molecule has 0 fully saturated rings. The van der Waals surface area contributed by atoms with Crippen molar-refractivity contribution in [1.82, 2.24) is 4.98 Å². The number of aromatic nitrogens is 1. The first kappa shape index (κ1) is 9.80. The Bertz CT molecular complexity index is 471. The number of nitrogens with zero attached hydrogens (tertiary/aromatic N) is 1. The summed E-state index contributed by atoms with van der Waals surface area (Å²) >= 11 is 5.77. The monoisotopic (exact) mass is 219 g/mol. The minimum absolute atomic E-state index is 0.453. The fraction of sp³-hybridized carbons (Fsp3) is 0. The highest BCUT2D eigenvalue weighted by Crippen LogP contribution is 2.21. The van der Waals surface area contributed by atoms with Crippen LogP contribution in [0.3, 0.4) is 0 Å². The Balaban J connectivity index is 2.26. The maximum absolute atomic E-state index is 5.78. The van der Waals surface area contributed by atoms with Crippen LogP contribution in [0, 0.1) is 0 Å². The lowest BCUT2D eigenvalue weighted by Crippen LogP contribution is -1.97. The van der Waals surface area contributed by atoms with Gasteiger partial charge in [-0.25, -0.2) is 4.98 Å². The standard InChI is InChI=1S/C11H10ClN3/c12-10-6-3-7-11(15-10)14-9-5-2-1-4-8(9)13/h1-7H,13H2,(H,14,15). The smallest absolute Gasteiger partial charge is 0.132 e. The van der Waals surface area contributed by atoms with Gasteiger partial charge in [-0.1, -0.05) is 29.8 Å². The maximum atomic E-state index is 5.78. The molecule has 0 aliphatic rings. The Morgan fingerprint density at radius 3 is 2.60 bits per heavy atom. The van der Waals surface area contributed by atoms with Crippen LogP contribution in [-0.2, 0) is 0 Å². The molecule has 0 saturated heterocycles. The third-order valence-electron chi connectivity index (χ3n) is 1.94. The van der Waals surface area contributed by atoms with Crippen LogP contribution in [0.1, 0.15) is 0 Å². The molecule has 0 unspecified atom stereocenters. The topological polar surface area (TPSA) is 50.9 Å². The van der Waals surface area contributed by atoms with E-state index in [2.05, 4.69) is 10.3 Å². The molecule has 0 radical (unpaired) electrons. The summed E-state index contributed by atoms with van der Waals surface area (Å²) in [6.07, 6.45) is 0. The van der Waals surface area contributed by atoms with Crippen LogP contribution >= 0.6 is 11.6 Å². The summed E-state index contributed by atoms with van der Waals surface area (Å²) in [6, 6.07) is 12.9. The third kappa shape index (κ3) is 2.39. The van der Waals surface area contributed by atoms with Crippen LogP contribution in [-0.4, -0.2) is 4.98 Å². The van der Waals surface area contributed by atoms with Crippen LogP contribution < -0.4 is 11.1 Å². The quantitative estimate of drug-likeness (QED) is 0.603. The van der Waals surface area contributed by atoms with Crippen molar-refractivity contribution in [2.24, 2.45) is 0 Å². The molecule has 0 aliphatic carbocycles. The molecular weight excluding hydrogens is 210 g/mol. The molecule has 0 saturated carbocycles. The van der Waals surface area contributed by atoms with E-state index in [1.165, 1.54) is 0 Å². The minimum atomic E-state index is 0.453. The van der Waals surface area contributed by atoms with Crippen LogP contribution in [0.15, 0.2) is 42.5 Å². The minimum Gasteiger partial charge on any atom is -0.397 e. The number of pyridine rings is 1. The van der Waals surface area contributed by atoms with Crippen molar-refractivity contribution in [3.63, 3.8) is 0 Å². The number of halogens is 1. The fourth-order valence-corrected chi connectivity index (χ4v) is 1.39. The van der Waals surface area contributed by atoms with Gasteiger partial charge in [-0.3, -0.25) is 0 Å². The van der Waals surface area contributed by atoms with Crippen molar-refractivity contribution in [3.8, 4) is 0 Å². The van der Waals surface area contributed by atoms with Crippen LogP contribution in [0.2, 0.25) is 5.15 Å². The number of hydrogen-bond acceptors (Lipinski definition) is 3. The number of nitrogens with one attached hydrogen (secondary N) is 1. The average molecular weight is 220 g/mol. The van der Waals surface area contributed by atoms with Gasteiger partial charge < -0.3 is 11.1 Å². The molecule has 0 aliphatic heterocycles. The van der Waals surface area contributed by atoms with E-state index in [0.29, 0.717) is 16.7 Å². The van der Waals surface area contributed by atoms with E-state index in [1.54, 1.807) is 6.07 Å². The largest absolute Gasteiger partial charge is 0.397 e. The highest BCUT2D eigenvalue weighted by Gasteiger charge is 1.99. The first-order valence-electron chi connectivity index (χ1n) is 4.50. The van der Waals surface area contributed by atoms with Crippen molar-refractivity contribution < 1.29 is 0 Å². The van der Waals surface area contributed by atoms with Crippen molar-refractivity contribution in [2.75, 3.05) is 11.1 Å². The molecule has 0 bridgehead atoms. The van der Waals surface area contributed by atoms with Gasteiger partial charge in [-0.2, -0.15) is 0 Å². The second-order valence-electron chi connectivity index (χ2n) is 3.06. The second kappa shape index (κ2) is 4.19. The van der Waals surface area contributed by atoms with Gasteiger partial charge in [-0.05, 0) is 24.3 Å². The van der Waals surface area contributed by atoms with Gasteiger partial charge in [0.1, 0.15) is 11.0 Å². The van der Waals surface area contributed by atoms with Gasteiger partial charge in [0, 0.05) is 0 Å². The molecule has 0 spiro atoms. The van der Waals surface area contributed by atoms with Crippen LogP contribution in [0.4, 0.5) is 17.2 Å². The summed E-state index contributed by atoms with van der Waals surface area (Å²) in [7, 11) is 0. The molecule has 0 amide bonds. The molecule has 1 aromatic carbocycles. The van der Waals surface area contributed by atoms with Gasteiger partial charge in [0.05, 0.1) is 11.4 Å². The lowest BCUT2D eigenvalue weighted by molar-refractivity contribution is 1.31. The van der Waals surface area contributed by atoms with Crippen molar-refractivity contribution in [2.45, 2.75) is 0 Å². The predicted octanol–water partition coefficient (Wildman–Crippen LogP) is 3.06. The van der Waals surface area contributed by atoms with E-state index < -0.39 is 0 Å². The van der Waals surface area contributed by atoms with Crippen molar-refractivity contribution >= 4 is 28.8 Å². The van der Waals surface area contributed by atoms with E-state index in [9.17, 15) is 0 Å². The molecule has 3 N–H and O–H groups in total. The molecule has 2 rings (SSSR count). The molecule has 15 heavy (non-hydrogen) atoms. The maximum Gasteiger partial charge on any atom is 0.132 e. The Morgan fingerprint density at radius 2 is 1.87 bits per heavy atom. The molecular formula is C11H10ClN3. The highest BCUT2D eigenvalue weighted by atomic mass is 35.5. The number of hydrogen-bond donors (Lipinski definition) is 2. The number of para-hydroxylation sites is 2. The summed E-state index contributed by atoms with van der Waals surface area (Å²) in [5.41, 5.74) is 7.29. The predicted molar refractivity (Wildman–Crippen MR) is 63.4 cm³/mol. The molecule has 1 aromatic heterocycles. The SMILES string of the molecule is Nc1ccccc1Nc1cccc(Cl)n1. The summed E-state index contributed by atoms with van der Waals surface area (Å²) < 4.78 is 0. The van der Waals surface area contributed by atoms with E-state index in [-0.39, 0.29) is 0 Å². The van der Waals surface area contributed by atoms with Crippen molar-refractivity contribution in [3.05, 3.63) is 47.6 Å². The number of rotatable bonds is 2. The Morgan fingerprint density at radius 1 is 1.07 bits per heavy atom. The molecule has 1 heterocycles. The fourth-order valence-electron chi connectivity index (χ4n) is 1.23. The molecule has 2 aromatic rings. The second-order valence-corrected chi connectivity index (χ2v) is 3.45. The third-order valence-corrected chi connectivity index (χ3v) is 2.15. The summed E-state index contributed by atoms with van der Waals surface area (Å²) in [6.45, 7) is 0. The highest BCUT2D eigenvalue weighted by molar-refractivity contribution is 6.29.